The van der Waals surface area contributed by atoms with Crippen LogP contribution in [0.4, 0.5) is 5.69 Å². The normalized spacial score (nSPS) is 16.7. The molecule has 0 bridgehead atoms. The Kier molecular flexibility index (Phi) is 8.78. The van der Waals surface area contributed by atoms with E-state index < -0.39 is 15.9 Å². The van der Waals surface area contributed by atoms with Crippen LogP contribution in [0.15, 0.2) is 77.7 Å². The topological polar surface area (TPSA) is 66.5 Å². The zero-order valence-corrected chi connectivity index (χ0v) is 22.1. The van der Waals surface area contributed by atoms with E-state index in [1.54, 1.807) is 30.0 Å². The third-order valence-electron chi connectivity index (χ3n) is 5.91. The van der Waals surface area contributed by atoms with Gasteiger partial charge in [0.25, 0.3) is 0 Å². The molecule has 0 saturated carbocycles. The number of benzene rings is 3. The van der Waals surface area contributed by atoms with E-state index in [2.05, 4.69) is 17.4 Å². The lowest BCUT2D eigenvalue weighted by Crippen LogP contribution is -2.44. The third-order valence-corrected chi connectivity index (χ3v) is 9.47. The van der Waals surface area contributed by atoms with E-state index in [1.165, 1.54) is 9.20 Å². The van der Waals surface area contributed by atoms with Crippen molar-refractivity contribution in [3.8, 4) is 0 Å². The maximum atomic E-state index is 13.1. The van der Waals surface area contributed by atoms with Crippen LogP contribution in [0.25, 0.3) is 0 Å². The van der Waals surface area contributed by atoms with Crippen molar-refractivity contribution in [1.82, 2.24) is 4.31 Å². The van der Waals surface area contributed by atoms with Gasteiger partial charge in [0, 0.05) is 45.0 Å². The van der Waals surface area contributed by atoms with Gasteiger partial charge in [0.2, 0.25) is 15.9 Å². The summed E-state index contributed by atoms with van der Waals surface area (Å²) >= 11 is 14.1. The molecule has 0 aliphatic carbocycles. The zero-order chi connectivity index (χ0) is 24.8. The van der Waals surface area contributed by atoms with E-state index in [0.29, 0.717) is 40.7 Å². The zero-order valence-electron chi connectivity index (χ0n) is 19.0. The van der Waals surface area contributed by atoms with Crippen LogP contribution in [-0.2, 0) is 26.3 Å². The van der Waals surface area contributed by atoms with Gasteiger partial charge in [0.1, 0.15) is 0 Å². The van der Waals surface area contributed by atoms with Gasteiger partial charge < -0.3 is 5.32 Å². The van der Waals surface area contributed by atoms with Gasteiger partial charge in [-0.2, -0.15) is 0 Å². The fourth-order valence-corrected chi connectivity index (χ4v) is 7.20. The van der Waals surface area contributed by atoms with E-state index in [0.717, 1.165) is 11.3 Å². The van der Waals surface area contributed by atoms with Gasteiger partial charge in [0.15, 0.2) is 0 Å². The molecular weight excluding hydrogens is 523 g/mol. The number of rotatable bonds is 8. The second kappa shape index (κ2) is 11.8. The predicted molar refractivity (Wildman–Crippen MR) is 144 cm³/mol. The molecule has 1 fully saturated rings. The number of carbonyl (C=O) groups is 1. The summed E-state index contributed by atoms with van der Waals surface area (Å²) in [4.78, 5) is 14.1. The van der Waals surface area contributed by atoms with E-state index >= 15 is 0 Å². The molecule has 1 saturated heterocycles. The molecule has 0 aromatic heterocycles. The fraction of sp³-hybridized carbons (Fsp3) is 0.269. The van der Waals surface area contributed by atoms with Gasteiger partial charge in [0.05, 0.1) is 11.7 Å². The summed E-state index contributed by atoms with van der Waals surface area (Å²) in [6.07, 6.45) is 1.25. The lowest BCUT2D eigenvalue weighted by molar-refractivity contribution is -0.120. The van der Waals surface area contributed by atoms with E-state index in [1.807, 2.05) is 42.5 Å². The summed E-state index contributed by atoms with van der Waals surface area (Å²) in [5.74, 6) is -0.0496. The van der Waals surface area contributed by atoms with Crippen LogP contribution in [0.3, 0.4) is 0 Å². The lowest BCUT2D eigenvalue weighted by atomic mass is 9.98. The Morgan fingerprint density at radius 3 is 2.34 bits per heavy atom. The highest BCUT2D eigenvalue weighted by Gasteiger charge is 2.33. The van der Waals surface area contributed by atoms with E-state index in [9.17, 15) is 13.2 Å². The van der Waals surface area contributed by atoms with Crippen molar-refractivity contribution in [2.24, 2.45) is 5.92 Å². The average molecular weight is 550 g/mol. The minimum Gasteiger partial charge on any atom is -0.326 e. The molecule has 1 N–H and O–H groups in total. The smallest absolute Gasteiger partial charge is 0.228 e. The van der Waals surface area contributed by atoms with Crippen molar-refractivity contribution in [3.05, 3.63) is 94.0 Å². The largest absolute Gasteiger partial charge is 0.326 e. The van der Waals surface area contributed by atoms with Crippen molar-refractivity contribution in [3.63, 3.8) is 0 Å². The van der Waals surface area contributed by atoms with Crippen molar-refractivity contribution in [2.45, 2.75) is 29.2 Å². The summed E-state index contributed by atoms with van der Waals surface area (Å²) in [6, 6.07) is 22.9. The minimum absolute atomic E-state index is 0.141. The number of piperidine rings is 1. The van der Waals surface area contributed by atoms with Crippen LogP contribution >= 0.6 is 35.0 Å². The Hall–Kier alpha value is -2.03. The van der Waals surface area contributed by atoms with Crippen LogP contribution in [0.5, 0.6) is 0 Å². The maximum absolute atomic E-state index is 13.1. The molecule has 1 atom stereocenters. The molecule has 35 heavy (non-hydrogen) atoms. The van der Waals surface area contributed by atoms with E-state index in [-0.39, 0.29) is 18.2 Å². The second-order valence-electron chi connectivity index (χ2n) is 8.44. The molecule has 3 aromatic rings. The molecule has 1 aliphatic heterocycles. The first-order valence-corrected chi connectivity index (χ1v) is 14.7. The number of anilines is 1. The Labute approximate surface area is 220 Å². The first kappa shape index (κ1) is 26.0. The van der Waals surface area contributed by atoms with E-state index in [4.69, 9.17) is 23.2 Å². The molecular formula is C26H26Cl2N2O3S2. The SMILES string of the molecule is O=C(Nc1ccc(CSc2ccccc2)cc1)C1CCCN(S(=O)(=O)Cc2c(Cl)cccc2Cl)C1. The number of halogens is 2. The quantitative estimate of drug-likeness (QED) is 0.327. The molecule has 1 unspecified atom stereocenters. The molecule has 5 nitrogen and oxygen atoms in total. The molecule has 1 amide bonds. The van der Waals surface area contributed by atoms with Crippen molar-refractivity contribution < 1.29 is 13.2 Å². The lowest BCUT2D eigenvalue weighted by Gasteiger charge is -2.31. The maximum Gasteiger partial charge on any atom is 0.228 e. The number of amides is 1. The van der Waals surface area contributed by atoms with Crippen LogP contribution in [0.1, 0.15) is 24.0 Å². The van der Waals surface area contributed by atoms with Crippen LogP contribution in [0, 0.1) is 5.92 Å². The molecule has 0 radical (unpaired) electrons. The van der Waals surface area contributed by atoms with Gasteiger partial charge in [-0.05, 0) is 54.8 Å². The molecule has 0 spiro atoms. The predicted octanol–water partition coefficient (Wildman–Crippen LogP) is 6.47. The summed E-state index contributed by atoms with van der Waals surface area (Å²) in [5.41, 5.74) is 2.24. The Morgan fingerprint density at radius 1 is 0.971 bits per heavy atom. The molecule has 184 valence electrons. The summed E-state index contributed by atoms with van der Waals surface area (Å²) in [7, 11) is -3.67. The van der Waals surface area contributed by atoms with Crippen molar-refractivity contribution >= 4 is 56.6 Å². The van der Waals surface area contributed by atoms with Crippen LogP contribution < -0.4 is 5.32 Å². The van der Waals surface area contributed by atoms with Gasteiger partial charge in [-0.3, -0.25) is 4.79 Å². The number of nitrogens with zero attached hydrogens (tertiary/aromatic N) is 1. The van der Waals surface area contributed by atoms with Crippen LogP contribution in [-0.4, -0.2) is 31.7 Å². The monoisotopic (exact) mass is 548 g/mol. The molecule has 4 rings (SSSR count). The Balaban J connectivity index is 1.34. The van der Waals surface area contributed by atoms with Crippen molar-refractivity contribution in [2.75, 3.05) is 18.4 Å². The minimum atomic E-state index is -3.67. The third kappa shape index (κ3) is 7.02. The standard InChI is InChI=1S/C26H26Cl2N2O3S2/c27-24-9-4-10-25(28)23(24)18-35(32,33)30-15-5-6-20(16-30)26(31)29-21-13-11-19(12-14-21)17-34-22-7-2-1-3-8-22/h1-4,7-14,20H,5-6,15-18H2,(H,29,31). The first-order chi connectivity index (χ1) is 16.8. The van der Waals surface area contributed by atoms with Crippen molar-refractivity contribution in [1.29, 1.82) is 0 Å². The van der Waals surface area contributed by atoms with Gasteiger partial charge >= 0.3 is 0 Å². The number of carbonyl (C=O) groups excluding carboxylic acids is 1. The highest BCUT2D eigenvalue weighted by molar-refractivity contribution is 7.98. The highest BCUT2D eigenvalue weighted by atomic mass is 35.5. The number of hydrogen-bond donors (Lipinski definition) is 1. The number of sulfonamides is 1. The van der Waals surface area contributed by atoms with Crippen LogP contribution in [0.2, 0.25) is 10.0 Å². The molecule has 9 heteroatoms. The highest BCUT2D eigenvalue weighted by Crippen LogP contribution is 2.29. The van der Waals surface area contributed by atoms with Gasteiger partial charge in [-0.1, -0.05) is 59.6 Å². The Bertz CT molecular complexity index is 1250. The van der Waals surface area contributed by atoms with Gasteiger partial charge in [-0.25, -0.2) is 12.7 Å². The number of hydrogen-bond acceptors (Lipinski definition) is 4. The fourth-order valence-electron chi connectivity index (χ4n) is 3.97. The summed E-state index contributed by atoms with van der Waals surface area (Å²) in [5, 5.41) is 3.58. The molecule has 1 aliphatic rings. The average Bonchev–Trinajstić information content (AvgIpc) is 2.87. The number of nitrogens with one attached hydrogen (secondary N) is 1. The molecule has 3 aromatic carbocycles. The first-order valence-electron chi connectivity index (χ1n) is 11.3. The summed E-state index contributed by atoms with van der Waals surface area (Å²) in [6.45, 7) is 0.518. The van der Waals surface area contributed by atoms with Gasteiger partial charge in [-0.15, -0.1) is 11.8 Å². The number of thioether (sulfide) groups is 1. The second-order valence-corrected chi connectivity index (χ2v) is 12.3. The summed E-state index contributed by atoms with van der Waals surface area (Å²) < 4.78 is 27.5. The molecule has 1 heterocycles. The Morgan fingerprint density at radius 2 is 1.66 bits per heavy atom.